The molecule has 1 aliphatic carbocycles. The second-order valence-corrected chi connectivity index (χ2v) is 7.84. The summed E-state index contributed by atoms with van der Waals surface area (Å²) in [5, 5.41) is 3.53. The monoisotopic (exact) mass is 355 g/mol. The molecule has 26 heavy (non-hydrogen) atoms. The number of para-hydroxylation sites is 1. The lowest BCUT2D eigenvalue weighted by Crippen LogP contribution is -2.07. The van der Waals surface area contributed by atoms with Crippen molar-refractivity contribution in [3.63, 3.8) is 0 Å². The predicted molar refractivity (Wildman–Crippen MR) is 108 cm³/mol. The van der Waals surface area contributed by atoms with Crippen LogP contribution in [0.25, 0.3) is 5.70 Å². The summed E-state index contributed by atoms with van der Waals surface area (Å²) in [6, 6.07) is 24.7. The number of thioether (sulfide) groups is 1. The van der Waals surface area contributed by atoms with Gasteiger partial charge in [-0.2, -0.15) is 0 Å². The SMILES string of the molecule is Cc1ccc([C@@H]2Sc3ccccc3NC3=C2C(=O)c2ccccc23)cc1. The van der Waals surface area contributed by atoms with Crippen molar-refractivity contribution in [2.75, 3.05) is 5.32 Å². The van der Waals surface area contributed by atoms with Crippen LogP contribution in [0.4, 0.5) is 5.69 Å². The Kier molecular flexibility index (Phi) is 3.50. The minimum atomic E-state index is -0.0263. The lowest BCUT2D eigenvalue weighted by molar-refractivity contribution is 0.103. The summed E-state index contributed by atoms with van der Waals surface area (Å²) < 4.78 is 0. The zero-order chi connectivity index (χ0) is 17.7. The minimum Gasteiger partial charge on any atom is -0.354 e. The van der Waals surface area contributed by atoms with Crippen LogP contribution < -0.4 is 5.32 Å². The second kappa shape index (κ2) is 5.89. The largest absolute Gasteiger partial charge is 0.354 e. The molecular weight excluding hydrogens is 338 g/mol. The fourth-order valence-corrected chi connectivity index (χ4v) is 4.95. The lowest BCUT2D eigenvalue weighted by Gasteiger charge is -2.17. The number of nitrogens with one attached hydrogen (secondary N) is 1. The van der Waals surface area contributed by atoms with Gasteiger partial charge in [-0.25, -0.2) is 0 Å². The van der Waals surface area contributed by atoms with Crippen LogP contribution >= 0.6 is 11.8 Å². The molecule has 0 unspecified atom stereocenters. The maximum absolute atomic E-state index is 13.3. The highest BCUT2D eigenvalue weighted by Gasteiger charge is 2.37. The molecule has 0 spiro atoms. The van der Waals surface area contributed by atoms with Crippen LogP contribution in [0.2, 0.25) is 0 Å². The number of ketones is 1. The Balaban J connectivity index is 1.74. The molecule has 1 aliphatic heterocycles. The van der Waals surface area contributed by atoms with Gasteiger partial charge in [0.15, 0.2) is 5.78 Å². The molecule has 3 aromatic rings. The molecule has 1 atom stereocenters. The van der Waals surface area contributed by atoms with Crippen molar-refractivity contribution in [2.45, 2.75) is 17.1 Å². The van der Waals surface area contributed by atoms with E-state index in [0.717, 1.165) is 38.5 Å². The fraction of sp³-hybridized carbons (Fsp3) is 0.0870. The molecule has 126 valence electrons. The van der Waals surface area contributed by atoms with Crippen LogP contribution in [-0.2, 0) is 0 Å². The summed E-state index contributed by atoms with van der Waals surface area (Å²) in [5.41, 5.74) is 7.05. The fourth-order valence-electron chi connectivity index (χ4n) is 3.66. The van der Waals surface area contributed by atoms with Crippen LogP contribution in [0.3, 0.4) is 0 Å². The Morgan fingerprint density at radius 2 is 1.54 bits per heavy atom. The molecule has 0 bridgehead atoms. The van der Waals surface area contributed by atoms with Crippen molar-refractivity contribution in [3.8, 4) is 0 Å². The molecule has 0 saturated heterocycles. The quantitative estimate of drug-likeness (QED) is 0.592. The van der Waals surface area contributed by atoms with Gasteiger partial charge in [0.05, 0.1) is 16.6 Å². The summed E-state index contributed by atoms with van der Waals surface area (Å²) in [6.45, 7) is 2.09. The highest BCUT2D eigenvalue weighted by atomic mass is 32.2. The summed E-state index contributed by atoms with van der Waals surface area (Å²) in [6.07, 6.45) is 0. The van der Waals surface area contributed by atoms with Crippen molar-refractivity contribution in [2.24, 2.45) is 0 Å². The first-order valence-electron chi connectivity index (χ1n) is 8.70. The molecule has 1 N–H and O–H groups in total. The topological polar surface area (TPSA) is 29.1 Å². The molecule has 0 aromatic heterocycles. The first-order chi connectivity index (χ1) is 12.7. The summed E-state index contributed by atoms with van der Waals surface area (Å²) >= 11 is 1.75. The third kappa shape index (κ3) is 2.31. The Hall–Kier alpha value is -2.78. The Bertz CT molecular complexity index is 1070. The van der Waals surface area contributed by atoms with Gasteiger partial charge in [0.1, 0.15) is 0 Å². The molecule has 0 radical (unpaired) electrons. The van der Waals surface area contributed by atoms with E-state index >= 15 is 0 Å². The van der Waals surface area contributed by atoms with Gasteiger partial charge in [-0.05, 0) is 24.6 Å². The van der Waals surface area contributed by atoms with E-state index in [0.29, 0.717) is 0 Å². The standard InChI is InChI=1S/C23H17NOS/c1-14-10-12-15(13-11-14)23-20-21(16-6-2-3-7-17(16)22(20)25)24-18-8-4-5-9-19(18)26-23/h2-13,23-24H,1H3/t23-/m0/s1. The van der Waals surface area contributed by atoms with Gasteiger partial charge in [-0.3, -0.25) is 4.79 Å². The van der Waals surface area contributed by atoms with Crippen molar-refractivity contribution < 1.29 is 4.79 Å². The molecule has 0 fully saturated rings. The van der Waals surface area contributed by atoms with Gasteiger partial charge in [0, 0.05) is 21.6 Å². The van der Waals surface area contributed by atoms with E-state index in [1.807, 2.05) is 36.4 Å². The van der Waals surface area contributed by atoms with E-state index in [1.54, 1.807) is 11.8 Å². The molecular formula is C23H17NOS. The number of hydrogen-bond acceptors (Lipinski definition) is 3. The van der Waals surface area contributed by atoms with Crippen LogP contribution in [0.1, 0.15) is 32.3 Å². The number of anilines is 1. The maximum Gasteiger partial charge on any atom is 0.193 e. The van der Waals surface area contributed by atoms with Gasteiger partial charge in [0.2, 0.25) is 0 Å². The van der Waals surface area contributed by atoms with E-state index in [-0.39, 0.29) is 11.0 Å². The number of carbonyl (C=O) groups excluding carboxylic acids is 1. The minimum absolute atomic E-state index is 0.0263. The normalized spacial score (nSPS) is 17.9. The van der Waals surface area contributed by atoms with Gasteiger partial charge in [0.25, 0.3) is 0 Å². The highest BCUT2D eigenvalue weighted by molar-refractivity contribution is 8.00. The van der Waals surface area contributed by atoms with E-state index < -0.39 is 0 Å². The summed E-state index contributed by atoms with van der Waals surface area (Å²) in [5.74, 6) is 0.133. The zero-order valence-electron chi connectivity index (χ0n) is 14.3. The van der Waals surface area contributed by atoms with Crippen molar-refractivity contribution >= 4 is 28.9 Å². The van der Waals surface area contributed by atoms with Crippen LogP contribution in [-0.4, -0.2) is 5.78 Å². The number of hydrogen-bond donors (Lipinski definition) is 1. The van der Waals surface area contributed by atoms with E-state index in [1.165, 1.54) is 5.56 Å². The van der Waals surface area contributed by atoms with Gasteiger partial charge in [-0.15, -0.1) is 11.8 Å². The molecule has 2 aliphatic rings. The summed E-state index contributed by atoms with van der Waals surface area (Å²) in [7, 11) is 0. The number of carbonyl (C=O) groups is 1. The van der Waals surface area contributed by atoms with Crippen LogP contribution in [0, 0.1) is 6.92 Å². The number of rotatable bonds is 1. The van der Waals surface area contributed by atoms with Crippen molar-refractivity contribution in [1.82, 2.24) is 0 Å². The zero-order valence-corrected chi connectivity index (χ0v) is 15.1. The van der Waals surface area contributed by atoms with Crippen LogP contribution in [0.5, 0.6) is 0 Å². The number of fused-ring (bicyclic) bond motifs is 3. The third-order valence-electron chi connectivity index (χ3n) is 4.99. The van der Waals surface area contributed by atoms with Crippen molar-refractivity contribution in [1.29, 1.82) is 0 Å². The van der Waals surface area contributed by atoms with Crippen molar-refractivity contribution in [3.05, 3.63) is 101 Å². The molecule has 0 saturated carbocycles. The van der Waals surface area contributed by atoms with E-state index in [4.69, 9.17) is 0 Å². The first-order valence-corrected chi connectivity index (χ1v) is 9.58. The third-order valence-corrected chi connectivity index (χ3v) is 6.34. The number of benzene rings is 3. The average Bonchev–Trinajstić information content (AvgIpc) is 2.84. The molecule has 1 heterocycles. The smallest absolute Gasteiger partial charge is 0.193 e. The van der Waals surface area contributed by atoms with Gasteiger partial charge in [-0.1, -0.05) is 66.2 Å². The average molecular weight is 355 g/mol. The summed E-state index contributed by atoms with van der Waals surface area (Å²) in [4.78, 5) is 14.4. The van der Waals surface area contributed by atoms with E-state index in [2.05, 4.69) is 48.6 Å². The molecule has 5 rings (SSSR count). The number of aryl methyl sites for hydroxylation is 1. The molecule has 2 nitrogen and oxygen atoms in total. The Labute approximate surface area is 157 Å². The molecule has 3 aromatic carbocycles. The lowest BCUT2D eigenvalue weighted by atomic mass is 10.00. The second-order valence-electron chi connectivity index (χ2n) is 6.69. The van der Waals surface area contributed by atoms with E-state index in [9.17, 15) is 4.79 Å². The van der Waals surface area contributed by atoms with Crippen LogP contribution in [0.15, 0.2) is 83.3 Å². The highest BCUT2D eigenvalue weighted by Crippen LogP contribution is 2.52. The van der Waals surface area contributed by atoms with Gasteiger partial charge >= 0.3 is 0 Å². The molecule has 0 amide bonds. The van der Waals surface area contributed by atoms with Gasteiger partial charge < -0.3 is 5.32 Å². The maximum atomic E-state index is 13.3. The molecule has 3 heteroatoms. The number of Topliss-reactive ketones (excluding diaryl/α,β-unsaturated/α-hetero) is 1. The first kappa shape index (κ1) is 15.5. The Morgan fingerprint density at radius 1 is 0.846 bits per heavy atom. The Morgan fingerprint density at radius 3 is 2.35 bits per heavy atom. The predicted octanol–water partition coefficient (Wildman–Crippen LogP) is 5.86.